The Morgan fingerprint density at radius 1 is 1.05 bits per heavy atom. The summed E-state index contributed by atoms with van der Waals surface area (Å²) in [5.74, 6) is 0.725. The molecular weight excluding hydrogens is 355 g/mol. The third-order valence-corrected chi connectivity index (χ3v) is 3.38. The summed E-state index contributed by atoms with van der Waals surface area (Å²) in [6.07, 6.45) is 0. The Kier molecular flexibility index (Phi) is 3.42. The van der Waals surface area contributed by atoms with Gasteiger partial charge in [-0.05, 0) is 23.6 Å². The number of hydrogen-bond donors (Lipinski definition) is 0. The SMILES string of the molecule is O=c1oc2cc(OCCI)ccc2c2ccccc12. The minimum Gasteiger partial charge on any atom is -0.493 e. The van der Waals surface area contributed by atoms with E-state index in [9.17, 15) is 4.79 Å². The topological polar surface area (TPSA) is 39.4 Å². The van der Waals surface area contributed by atoms with Gasteiger partial charge in [0.15, 0.2) is 0 Å². The van der Waals surface area contributed by atoms with Gasteiger partial charge in [0.1, 0.15) is 11.3 Å². The highest BCUT2D eigenvalue weighted by Gasteiger charge is 2.07. The molecule has 2 aromatic carbocycles. The molecule has 0 saturated heterocycles. The highest BCUT2D eigenvalue weighted by molar-refractivity contribution is 14.1. The molecule has 3 nitrogen and oxygen atoms in total. The van der Waals surface area contributed by atoms with Crippen LogP contribution in [0, 0.1) is 0 Å². The van der Waals surface area contributed by atoms with Crippen molar-refractivity contribution in [2.24, 2.45) is 0 Å². The molecule has 19 heavy (non-hydrogen) atoms. The van der Waals surface area contributed by atoms with Crippen LogP contribution < -0.4 is 10.4 Å². The first kappa shape index (κ1) is 12.5. The molecule has 0 bridgehead atoms. The fourth-order valence-electron chi connectivity index (χ4n) is 2.11. The molecule has 0 radical (unpaired) electrons. The summed E-state index contributed by atoms with van der Waals surface area (Å²) < 4.78 is 11.8. The number of benzene rings is 2. The first-order valence-corrected chi connectivity index (χ1v) is 7.46. The second-order valence-electron chi connectivity index (χ2n) is 4.13. The van der Waals surface area contributed by atoms with Gasteiger partial charge in [-0.15, -0.1) is 0 Å². The van der Waals surface area contributed by atoms with Gasteiger partial charge < -0.3 is 9.15 Å². The first-order chi connectivity index (χ1) is 9.29. The summed E-state index contributed by atoms with van der Waals surface area (Å²) in [5.41, 5.74) is 0.254. The number of ether oxygens (including phenoxy) is 1. The van der Waals surface area contributed by atoms with Crippen LogP contribution in [0.2, 0.25) is 0 Å². The zero-order valence-electron chi connectivity index (χ0n) is 10.1. The number of alkyl halides is 1. The van der Waals surface area contributed by atoms with Crippen LogP contribution in [-0.4, -0.2) is 11.0 Å². The molecule has 0 atom stereocenters. The summed E-state index contributed by atoms with van der Waals surface area (Å²) in [5, 5.41) is 2.45. The number of halogens is 1. The van der Waals surface area contributed by atoms with E-state index in [2.05, 4.69) is 22.6 Å². The molecule has 0 aliphatic heterocycles. The van der Waals surface area contributed by atoms with E-state index < -0.39 is 0 Å². The summed E-state index contributed by atoms with van der Waals surface area (Å²) in [6, 6.07) is 13.1. The van der Waals surface area contributed by atoms with Crippen molar-refractivity contribution in [3.05, 3.63) is 52.9 Å². The average Bonchev–Trinajstić information content (AvgIpc) is 2.45. The standard InChI is InChI=1S/C15H11IO3/c16-7-8-18-10-5-6-12-11-3-1-2-4-13(11)15(17)19-14(12)9-10/h1-6,9H,7-8H2. The zero-order chi connectivity index (χ0) is 13.2. The molecule has 0 aliphatic rings. The third kappa shape index (κ3) is 2.32. The van der Waals surface area contributed by atoms with Gasteiger partial charge in [-0.1, -0.05) is 40.8 Å². The van der Waals surface area contributed by atoms with E-state index >= 15 is 0 Å². The van der Waals surface area contributed by atoms with Gasteiger partial charge >= 0.3 is 5.63 Å². The molecule has 3 rings (SSSR count). The molecule has 0 amide bonds. The highest BCUT2D eigenvalue weighted by atomic mass is 127. The predicted molar refractivity (Wildman–Crippen MR) is 84.4 cm³/mol. The molecular formula is C15H11IO3. The van der Waals surface area contributed by atoms with Gasteiger partial charge in [0.25, 0.3) is 0 Å². The molecule has 4 heteroatoms. The Morgan fingerprint density at radius 2 is 1.84 bits per heavy atom. The van der Waals surface area contributed by atoms with Crippen LogP contribution in [0.5, 0.6) is 5.75 Å². The van der Waals surface area contributed by atoms with E-state index in [1.807, 2.05) is 30.3 Å². The molecule has 96 valence electrons. The van der Waals surface area contributed by atoms with Crippen LogP contribution in [-0.2, 0) is 0 Å². The Hall–Kier alpha value is -1.56. The lowest BCUT2D eigenvalue weighted by molar-refractivity contribution is 0.346. The van der Waals surface area contributed by atoms with Crippen molar-refractivity contribution in [1.29, 1.82) is 0 Å². The van der Waals surface area contributed by atoms with Crippen molar-refractivity contribution in [2.45, 2.75) is 0 Å². The number of hydrogen-bond acceptors (Lipinski definition) is 3. The quantitative estimate of drug-likeness (QED) is 0.307. The molecule has 1 aromatic heterocycles. The van der Waals surface area contributed by atoms with Crippen LogP contribution in [0.1, 0.15) is 0 Å². The number of rotatable bonds is 3. The molecule has 0 saturated carbocycles. The molecule has 0 aliphatic carbocycles. The van der Waals surface area contributed by atoms with Crippen molar-refractivity contribution in [3.8, 4) is 5.75 Å². The second-order valence-corrected chi connectivity index (χ2v) is 5.21. The lowest BCUT2D eigenvalue weighted by atomic mass is 10.1. The van der Waals surface area contributed by atoms with Crippen LogP contribution in [0.15, 0.2) is 51.7 Å². The fourth-order valence-corrected chi connectivity index (χ4v) is 2.33. The van der Waals surface area contributed by atoms with E-state index in [0.717, 1.165) is 20.9 Å². The monoisotopic (exact) mass is 366 g/mol. The summed E-state index contributed by atoms with van der Waals surface area (Å²) in [7, 11) is 0. The smallest absolute Gasteiger partial charge is 0.344 e. The Labute approximate surface area is 123 Å². The molecule has 1 heterocycles. The van der Waals surface area contributed by atoms with Gasteiger partial charge in [0.2, 0.25) is 0 Å². The van der Waals surface area contributed by atoms with Gasteiger partial charge in [0.05, 0.1) is 12.0 Å². The Morgan fingerprint density at radius 3 is 2.63 bits per heavy atom. The Balaban J connectivity index is 2.25. The van der Waals surface area contributed by atoms with Crippen molar-refractivity contribution in [2.75, 3.05) is 11.0 Å². The molecule has 0 fully saturated rings. The largest absolute Gasteiger partial charge is 0.493 e. The molecule has 0 spiro atoms. The van der Waals surface area contributed by atoms with Gasteiger partial charge in [-0.2, -0.15) is 0 Å². The highest BCUT2D eigenvalue weighted by Crippen LogP contribution is 2.26. The lowest BCUT2D eigenvalue weighted by Crippen LogP contribution is -2.00. The predicted octanol–water partition coefficient (Wildman–Crippen LogP) is 3.76. The Bertz CT molecular complexity index is 792. The molecule has 0 unspecified atom stereocenters. The van der Waals surface area contributed by atoms with E-state index in [1.165, 1.54) is 0 Å². The van der Waals surface area contributed by atoms with E-state index in [4.69, 9.17) is 9.15 Å². The minimum absolute atomic E-state index is 0.311. The number of fused-ring (bicyclic) bond motifs is 3. The minimum atomic E-state index is -0.311. The van der Waals surface area contributed by atoms with Gasteiger partial charge in [-0.25, -0.2) is 4.79 Å². The maximum Gasteiger partial charge on any atom is 0.344 e. The lowest BCUT2D eigenvalue weighted by Gasteiger charge is -2.06. The zero-order valence-corrected chi connectivity index (χ0v) is 12.2. The second kappa shape index (κ2) is 5.21. The normalized spacial score (nSPS) is 11.0. The van der Waals surface area contributed by atoms with Crippen molar-refractivity contribution >= 4 is 44.3 Å². The van der Waals surface area contributed by atoms with Crippen LogP contribution in [0.3, 0.4) is 0 Å². The first-order valence-electron chi connectivity index (χ1n) is 5.94. The average molecular weight is 366 g/mol. The fraction of sp³-hybridized carbons (Fsp3) is 0.133. The maximum absolute atomic E-state index is 11.9. The maximum atomic E-state index is 11.9. The van der Waals surface area contributed by atoms with Gasteiger partial charge in [0, 0.05) is 15.9 Å². The van der Waals surface area contributed by atoms with Crippen LogP contribution >= 0.6 is 22.6 Å². The summed E-state index contributed by atoms with van der Waals surface area (Å²) in [4.78, 5) is 11.9. The molecule has 0 N–H and O–H groups in total. The van der Waals surface area contributed by atoms with E-state index in [0.29, 0.717) is 17.6 Å². The van der Waals surface area contributed by atoms with E-state index in [1.54, 1.807) is 12.1 Å². The van der Waals surface area contributed by atoms with Crippen molar-refractivity contribution in [3.63, 3.8) is 0 Å². The van der Waals surface area contributed by atoms with Crippen molar-refractivity contribution < 1.29 is 9.15 Å². The molecule has 3 aromatic rings. The van der Waals surface area contributed by atoms with Crippen LogP contribution in [0.25, 0.3) is 21.7 Å². The summed E-state index contributed by atoms with van der Waals surface area (Å²) >= 11 is 2.25. The third-order valence-electron chi connectivity index (χ3n) is 2.94. The van der Waals surface area contributed by atoms with Crippen LogP contribution in [0.4, 0.5) is 0 Å². The van der Waals surface area contributed by atoms with Crippen molar-refractivity contribution in [1.82, 2.24) is 0 Å². The summed E-state index contributed by atoms with van der Waals surface area (Å²) in [6.45, 7) is 0.643. The van der Waals surface area contributed by atoms with E-state index in [-0.39, 0.29) is 5.63 Å². The van der Waals surface area contributed by atoms with Gasteiger partial charge in [-0.3, -0.25) is 0 Å².